The molecule has 1 aromatic rings. The number of nitrogens with one attached hydrogen (secondary N) is 1. The summed E-state index contributed by atoms with van der Waals surface area (Å²) in [7, 11) is 0. The minimum Gasteiger partial charge on any atom is -0.394 e. The van der Waals surface area contributed by atoms with E-state index in [1.54, 1.807) is 6.26 Å². The van der Waals surface area contributed by atoms with Gasteiger partial charge in [0.25, 0.3) is 5.56 Å². The third-order valence-corrected chi connectivity index (χ3v) is 3.65. The number of rotatable bonds is 3. The number of hydrogen-bond donors (Lipinski definition) is 4. The average Bonchev–Trinajstić information content (AvgIpc) is 2.67. The lowest BCUT2D eigenvalue weighted by atomic mass is 10.0. The first-order chi connectivity index (χ1) is 8.99. The van der Waals surface area contributed by atoms with Crippen molar-refractivity contribution in [2.24, 2.45) is 0 Å². The van der Waals surface area contributed by atoms with Crippen LogP contribution in [0.15, 0.2) is 15.8 Å². The summed E-state index contributed by atoms with van der Waals surface area (Å²) in [6, 6.07) is 0. The molecule has 4 atom stereocenters. The fraction of sp³-hybridized carbons (Fsp3) is 0.600. The summed E-state index contributed by atoms with van der Waals surface area (Å²) in [6.07, 6.45) is -1.79. The second-order valence-electron chi connectivity index (χ2n) is 4.11. The molecule has 0 spiro atoms. The van der Waals surface area contributed by atoms with E-state index < -0.39 is 42.3 Å². The molecular weight excluding hydrogens is 276 g/mol. The Hall–Kier alpha value is -1.13. The van der Waals surface area contributed by atoms with Crippen LogP contribution in [0.25, 0.3) is 0 Å². The number of hydrogen-bond acceptors (Lipinski definition) is 7. The molecule has 0 unspecified atom stereocenters. The summed E-state index contributed by atoms with van der Waals surface area (Å²) < 4.78 is 6.42. The molecule has 9 heteroatoms. The van der Waals surface area contributed by atoms with Crippen molar-refractivity contribution in [3.05, 3.63) is 32.6 Å². The zero-order valence-corrected chi connectivity index (χ0v) is 10.8. The average molecular weight is 290 g/mol. The summed E-state index contributed by atoms with van der Waals surface area (Å²) in [5.74, 6) is 0. The van der Waals surface area contributed by atoms with Gasteiger partial charge < -0.3 is 20.1 Å². The third-order valence-electron chi connectivity index (χ3n) is 2.98. The standard InChI is InChI=1S/C10H14N2O6S/c1-19-12-2-4(9(16)11-10(12)17)8-7(15)6(14)5(3-13)18-8/h2,5-8,13-15H,3H2,1H3,(H,11,16,17)/t5-,6-,7-,8+/m1/s1. The Morgan fingerprint density at radius 2 is 2.11 bits per heavy atom. The summed E-state index contributed by atoms with van der Waals surface area (Å²) in [5.41, 5.74) is -1.26. The van der Waals surface area contributed by atoms with E-state index in [2.05, 4.69) is 4.98 Å². The smallest absolute Gasteiger partial charge is 0.338 e. The summed E-state index contributed by atoms with van der Waals surface area (Å²) >= 11 is 1.07. The monoisotopic (exact) mass is 290 g/mol. The molecule has 1 aliphatic rings. The molecule has 2 heterocycles. The van der Waals surface area contributed by atoms with Gasteiger partial charge in [-0.2, -0.15) is 0 Å². The Kier molecular flexibility index (Phi) is 4.11. The molecule has 0 aromatic carbocycles. The Balaban J connectivity index is 2.43. The van der Waals surface area contributed by atoms with Crippen LogP contribution in [0.4, 0.5) is 0 Å². The Bertz CT molecular complexity index is 570. The van der Waals surface area contributed by atoms with Crippen LogP contribution in [0.5, 0.6) is 0 Å². The third kappa shape index (κ3) is 2.47. The number of H-pyrrole nitrogens is 1. The SMILES string of the molecule is CSn1cc([C@@H]2O[C@H](CO)[C@@H](O)[C@H]2O)c(=O)[nH]c1=O. The zero-order chi connectivity index (χ0) is 14.2. The van der Waals surface area contributed by atoms with Crippen molar-refractivity contribution in [2.45, 2.75) is 24.4 Å². The van der Waals surface area contributed by atoms with Gasteiger partial charge in [0.05, 0.1) is 12.2 Å². The Morgan fingerprint density at radius 1 is 1.42 bits per heavy atom. The molecule has 4 N–H and O–H groups in total. The van der Waals surface area contributed by atoms with Crippen LogP contribution in [0.3, 0.4) is 0 Å². The fourth-order valence-electron chi connectivity index (χ4n) is 1.96. The van der Waals surface area contributed by atoms with E-state index in [0.717, 1.165) is 11.9 Å². The van der Waals surface area contributed by atoms with Crippen LogP contribution in [0.1, 0.15) is 11.7 Å². The van der Waals surface area contributed by atoms with Gasteiger partial charge in [-0.05, 0) is 11.9 Å². The largest absolute Gasteiger partial charge is 0.394 e. The van der Waals surface area contributed by atoms with Gasteiger partial charge in [0, 0.05) is 12.5 Å². The lowest BCUT2D eigenvalue weighted by Gasteiger charge is -2.14. The maximum atomic E-state index is 11.7. The molecule has 1 saturated heterocycles. The highest BCUT2D eigenvalue weighted by molar-refractivity contribution is 7.97. The molecule has 0 amide bonds. The maximum Gasteiger partial charge on any atom is 0.338 e. The van der Waals surface area contributed by atoms with Crippen molar-refractivity contribution in [3.8, 4) is 0 Å². The molecule has 0 radical (unpaired) electrons. The van der Waals surface area contributed by atoms with Crippen LogP contribution >= 0.6 is 11.9 Å². The number of nitrogens with zero attached hydrogens (tertiary/aromatic N) is 1. The van der Waals surface area contributed by atoms with Gasteiger partial charge in [-0.3, -0.25) is 9.78 Å². The lowest BCUT2D eigenvalue weighted by molar-refractivity contribution is -0.0232. The van der Waals surface area contributed by atoms with Crippen LogP contribution in [-0.2, 0) is 4.74 Å². The second-order valence-corrected chi connectivity index (χ2v) is 4.87. The van der Waals surface area contributed by atoms with E-state index in [0.29, 0.717) is 0 Å². The molecule has 1 fully saturated rings. The maximum absolute atomic E-state index is 11.7. The summed E-state index contributed by atoms with van der Waals surface area (Å²) in [4.78, 5) is 25.2. The Morgan fingerprint density at radius 3 is 2.63 bits per heavy atom. The van der Waals surface area contributed by atoms with Gasteiger partial charge in [0.15, 0.2) is 0 Å². The van der Waals surface area contributed by atoms with Crippen molar-refractivity contribution in [1.82, 2.24) is 8.96 Å². The van der Waals surface area contributed by atoms with Crippen molar-refractivity contribution in [1.29, 1.82) is 0 Å². The van der Waals surface area contributed by atoms with E-state index in [1.807, 2.05) is 0 Å². The number of aliphatic hydroxyl groups is 3. The lowest BCUT2D eigenvalue weighted by Crippen LogP contribution is -2.35. The minimum absolute atomic E-state index is 0.0245. The van der Waals surface area contributed by atoms with Crippen LogP contribution < -0.4 is 11.2 Å². The van der Waals surface area contributed by atoms with Crippen molar-refractivity contribution < 1.29 is 20.1 Å². The fourth-order valence-corrected chi connectivity index (χ4v) is 2.39. The second kappa shape index (κ2) is 5.47. The van der Waals surface area contributed by atoms with Gasteiger partial charge in [-0.25, -0.2) is 8.77 Å². The number of ether oxygens (including phenoxy) is 1. The molecule has 2 rings (SSSR count). The van der Waals surface area contributed by atoms with Gasteiger partial charge in [-0.1, -0.05) is 0 Å². The predicted octanol–water partition coefficient (Wildman–Crippen LogP) is -2.18. The van der Waals surface area contributed by atoms with Gasteiger partial charge in [0.2, 0.25) is 0 Å². The molecule has 106 valence electrons. The van der Waals surface area contributed by atoms with E-state index in [-0.39, 0.29) is 5.56 Å². The molecule has 8 nitrogen and oxygen atoms in total. The highest BCUT2D eigenvalue weighted by Gasteiger charge is 2.44. The molecule has 1 aliphatic heterocycles. The Labute approximate surface area is 111 Å². The van der Waals surface area contributed by atoms with E-state index >= 15 is 0 Å². The van der Waals surface area contributed by atoms with E-state index in [4.69, 9.17) is 9.84 Å². The minimum atomic E-state index is -1.34. The van der Waals surface area contributed by atoms with Gasteiger partial charge >= 0.3 is 5.69 Å². The van der Waals surface area contributed by atoms with E-state index in [9.17, 15) is 19.8 Å². The van der Waals surface area contributed by atoms with Crippen LogP contribution in [0, 0.1) is 0 Å². The summed E-state index contributed by atoms with van der Waals surface area (Å²) in [6.45, 7) is -0.477. The number of aromatic nitrogens is 2. The van der Waals surface area contributed by atoms with Gasteiger partial charge in [0.1, 0.15) is 24.4 Å². The highest BCUT2D eigenvalue weighted by atomic mass is 32.2. The summed E-state index contributed by atoms with van der Waals surface area (Å²) in [5, 5.41) is 28.5. The van der Waals surface area contributed by atoms with Crippen molar-refractivity contribution >= 4 is 11.9 Å². The van der Waals surface area contributed by atoms with Crippen molar-refractivity contribution in [3.63, 3.8) is 0 Å². The van der Waals surface area contributed by atoms with Gasteiger partial charge in [-0.15, -0.1) is 0 Å². The normalized spacial score (nSPS) is 30.7. The molecule has 19 heavy (non-hydrogen) atoms. The van der Waals surface area contributed by atoms with E-state index in [1.165, 1.54) is 10.2 Å². The number of aromatic amines is 1. The van der Waals surface area contributed by atoms with Crippen LogP contribution in [-0.4, -0.2) is 55.5 Å². The zero-order valence-electron chi connectivity index (χ0n) is 10.0. The molecule has 1 aromatic heterocycles. The first-order valence-electron chi connectivity index (χ1n) is 5.52. The highest BCUT2D eigenvalue weighted by Crippen LogP contribution is 2.31. The number of aliphatic hydroxyl groups excluding tert-OH is 3. The first kappa shape index (κ1) is 14.3. The quantitative estimate of drug-likeness (QED) is 0.498. The van der Waals surface area contributed by atoms with Crippen LogP contribution in [0.2, 0.25) is 0 Å². The molecule has 0 aliphatic carbocycles. The topological polar surface area (TPSA) is 125 Å². The molecule has 0 saturated carbocycles. The molecule has 0 bridgehead atoms. The predicted molar refractivity (Wildman–Crippen MR) is 66.9 cm³/mol. The first-order valence-corrected chi connectivity index (χ1v) is 6.70. The molecular formula is C10H14N2O6S. The van der Waals surface area contributed by atoms with Crippen molar-refractivity contribution in [2.75, 3.05) is 12.9 Å².